The summed E-state index contributed by atoms with van der Waals surface area (Å²) in [6.45, 7) is 4.49. The molecule has 0 atom stereocenters. The molecule has 27 heavy (non-hydrogen) atoms. The Morgan fingerprint density at radius 2 is 1.85 bits per heavy atom. The molecule has 142 valence electrons. The summed E-state index contributed by atoms with van der Waals surface area (Å²) in [5, 5.41) is 18.6. The number of hydrogen-bond acceptors (Lipinski definition) is 6. The SMILES string of the molecule is O=C(CCCN1CCN(c2ccccn2)CC1)c1ccc(O)c(C(=O)O)c1. The Bertz CT molecular complexity index is 802. The first-order chi connectivity index (χ1) is 13.0. The first kappa shape index (κ1) is 18.8. The molecule has 0 aliphatic carbocycles. The van der Waals surface area contributed by atoms with Crippen LogP contribution in [0.4, 0.5) is 5.82 Å². The van der Waals surface area contributed by atoms with Crippen molar-refractivity contribution in [3.8, 4) is 5.75 Å². The molecule has 2 N–H and O–H groups in total. The van der Waals surface area contributed by atoms with Gasteiger partial charge in [0, 0.05) is 44.4 Å². The molecule has 2 aromatic rings. The van der Waals surface area contributed by atoms with Crippen LogP contribution in [0.15, 0.2) is 42.6 Å². The summed E-state index contributed by atoms with van der Waals surface area (Å²) < 4.78 is 0. The lowest BCUT2D eigenvalue weighted by Gasteiger charge is -2.35. The van der Waals surface area contributed by atoms with Gasteiger partial charge in [-0.3, -0.25) is 9.69 Å². The summed E-state index contributed by atoms with van der Waals surface area (Å²) in [6, 6.07) is 9.87. The minimum absolute atomic E-state index is 0.107. The predicted molar refractivity (Wildman–Crippen MR) is 102 cm³/mol. The summed E-state index contributed by atoms with van der Waals surface area (Å²) in [6.07, 6.45) is 2.86. The highest BCUT2D eigenvalue weighted by atomic mass is 16.4. The second-order valence-electron chi connectivity index (χ2n) is 6.58. The number of carbonyl (C=O) groups is 2. The van der Waals surface area contributed by atoms with Crippen LogP contribution < -0.4 is 4.90 Å². The van der Waals surface area contributed by atoms with E-state index < -0.39 is 5.97 Å². The Hall–Kier alpha value is -2.93. The molecule has 0 radical (unpaired) electrons. The van der Waals surface area contributed by atoms with Crippen molar-refractivity contribution in [3.05, 3.63) is 53.7 Å². The van der Waals surface area contributed by atoms with Crippen molar-refractivity contribution in [2.75, 3.05) is 37.6 Å². The van der Waals surface area contributed by atoms with Gasteiger partial charge in [0.1, 0.15) is 17.1 Å². The Morgan fingerprint density at radius 3 is 2.52 bits per heavy atom. The number of nitrogens with zero attached hydrogens (tertiary/aromatic N) is 3. The van der Waals surface area contributed by atoms with E-state index in [2.05, 4.69) is 14.8 Å². The van der Waals surface area contributed by atoms with Crippen LogP contribution in [-0.4, -0.2) is 64.6 Å². The number of pyridine rings is 1. The standard InChI is InChI=1S/C20H23N3O4/c24-17(15-6-7-18(25)16(14-15)20(26)27)4-3-9-22-10-12-23(13-11-22)19-5-1-2-8-21-19/h1-2,5-8,14,25H,3-4,9-13H2,(H,26,27). The van der Waals surface area contributed by atoms with E-state index in [1.54, 1.807) is 6.20 Å². The maximum atomic E-state index is 12.3. The molecule has 1 aliphatic rings. The molecule has 0 unspecified atom stereocenters. The van der Waals surface area contributed by atoms with Gasteiger partial charge in [-0.1, -0.05) is 6.07 Å². The third-order valence-electron chi connectivity index (χ3n) is 4.77. The van der Waals surface area contributed by atoms with Crippen molar-refractivity contribution in [2.45, 2.75) is 12.8 Å². The smallest absolute Gasteiger partial charge is 0.339 e. The number of aromatic hydroxyl groups is 1. The average Bonchev–Trinajstić information content (AvgIpc) is 2.69. The lowest BCUT2D eigenvalue weighted by Crippen LogP contribution is -2.46. The van der Waals surface area contributed by atoms with Gasteiger partial charge in [0.2, 0.25) is 0 Å². The third-order valence-corrected chi connectivity index (χ3v) is 4.77. The molecule has 0 saturated carbocycles. The summed E-state index contributed by atoms with van der Waals surface area (Å²) in [5.74, 6) is -0.684. The highest BCUT2D eigenvalue weighted by Crippen LogP contribution is 2.20. The summed E-state index contributed by atoms with van der Waals surface area (Å²) in [5.41, 5.74) is 0.0802. The number of rotatable bonds is 7. The normalized spacial score (nSPS) is 14.9. The number of carboxylic acid groups (broad SMARTS) is 1. The van der Waals surface area contributed by atoms with Crippen LogP contribution in [0.3, 0.4) is 0 Å². The number of hydrogen-bond donors (Lipinski definition) is 2. The first-order valence-corrected chi connectivity index (χ1v) is 9.02. The number of carbonyl (C=O) groups excluding carboxylic acids is 1. The van der Waals surface area contributed by atoms with Crippen LogP contribution in [0.1, 0.15) is 33.6 Å². The number of aromatic nitrogens is 1. The number of ketones is 1. The third kappa shape index (κ3) is 4.83. The van der Waals surface area contributed by atoms with E-state index in [1.165, 1.54) is 18.2 Å². The van der Waals surface area contributed by atoms with Gasteiger partial charge in [0.05, 0.1) is 0 Å². The molecule has 1 aromatic carbocycles. The van der Waals surface area contributed by atoms with E-state index in [1.807, 2.05) is 18.2 Å². The van der Waals surface area contributed by atoms with E-state index in [4.69, 9.17) is 5.11 Å². The van der Waals surface area contributed by atoms with Gasteiger partial charge in [-0.15, -0.1) is 0 Å². The molecule has 2 heterocycles. The maximum absolute atomic E-state index is 12.3. The fraction of sp³-hybridized carbons (Fsp3) is 0.350. The van der Waals surface area contributed by atoms with Gasteiger partial charge in [0.25, 0.3) is 0 Å². The zero-order valence-electron chi connectivity index (χ0n) is 15.0. The molecule has 1 aromatic heterocycles. The van der Waals surface area contributed by atoms with Crippen molar-refractivity contribution >= 4 is 17.6 Å². The molecule has 7 heteroatoms. The molecule has 1 aliphatic heterocycles. The van der Waals surface area contributed by atoms with Crippen LogP contribution >= 0.6 is 0 Å². The van der Waals surface area contributed by atoms with E-state index in [0.29, 0.717) is 18.4 Å². The fourth-order valence-electron chi connectivity index (χ4n) is 3.23. The van der Waals surface area contributed by atoms with E-state index in [9.17, 15) is 14.7 Å². The Labute approximate surface area is 157 Å². The van der Waals surface area contributed by atoms with Crippen molar-refractivity contribution in [1.82, 2.24) is 9.88 Å². The van der Waals surface area contributed by atoms with Crippen LogP contribution in [0.25, 0.3) is 0 Å². The molecule has 1 saturated heterocycles. The maximum Gasteiger partial charge on any atom is 0.339 e. The van der Waals surface area contributed by atoms with Gasteiger partial charge in [0.15, 0.2) is 5.78 Å². The minimum Gasteiger partial charge on any atom is -0.507 e. The first-order valence-electron chi connectivity index (χ1n) is 9.02. The minimum atomic E-state index is -1.24. The zero-order chi connectivity index (χ0) is 19.2. The lowest BCUT2D eigenvalue weighted by atomic mass is 10.0. The summed E-state index contributed by atoms with van der Waals surface area (Å²) in [7, 11) is 0. The quantitative estimate of drug-likeness (QED) is 0.723. The second-order valence-corrected chi connectivity index (χ2v) is 6.58. The molecule has 7 nitrogen and oxygen atoms in total. The van der Waals surface area contributed by atoms with Crippen LogP contribution in [-0.2, 0) is 0 Å². The number of Topliss-reactive ketones (excluding diaryl/α,β-unsaturated/α-hetero) is 1. The molecule has 0 bridgehead atoms. The molecular formula is C20H23N3O4. The molecule has 1 fully saturated rings. The van der Waals surface area contributed by atoms with Crippen molar-refractivity contribution < 1.29 is 19.8 Å². The average molecular weight is 369 g/mol. The Kier molecular flexibility index (Phi) is 6.03. The number of aromatic carboxylic acids is 1. The molecule has 0 amide bonds. The number of piperazine rings is 1. The van der Waals surface area contributed by atoms with E-state index in [0.717, 1.165) is 38.5 Å². The van der Waals surface area contributed by atoms with Gasteiger partial charge < -0.3 is 15.1 Å². The van der Waals surface area contributed by atoms with Gasteiger partial charge in [-0.25, -0.2) is 9.78 Å². The number of benzene rings is 1. The highest BCUT2D eigenvalue weighted by molar-refractivity contribution is 5.99. The molecular weight excluding hydrogens is 346 g/mol. The molecule has 0 spiro atoms. The fourth-order valence-corrected chi connectivity index (χ4v) is 3.23. The van der Waals surface area contributed by atoms with Crippen LogP contribution in [0.2, 0.25) is 0 Å². The highest BCUT2D eigenvalue weighted by Gasteiger charge is 2.18. The van der Waals surface area contributed by atoms with E-state index >= 15 is 0 Å². The Balaban J connectivity index is 1.45. The molecule has 3 rings (SSSR count). The largest absolute Gasteiger partial charge is 0.507 e. The zero-order valence-corrected chi connectivity index (χ0v) is 15.0. The topological polar surface area (TPSA) is 94.0 Å². The van der Waals surface area contributed by atoms with Crippen molar-refractivity contribution in [2.24, 2.45) is 0 Å². The monoisotopic (exact) mass is 369 g/mol. The lowest BCUT2D eigenvalue weighted by molar-refractivity contribution is 0.0693. The summed E-state index contributed by atoms with van der Waals surface area (Å²) in [4.78, 5) is 32.3. The number of phenols is 1. The summed E-state index contributed by atoms with van der Waals surface area (Å²) >= 11 is 0. The van der Waals surface area contributed by atoms with Crippen molar-refractivity contribution in [1.29, 1.82) is 0 Å². The van der Waals surface area contributed by atoms with E-state index in [-0.39, 0.29) is 17.1 Å². The number of anilines is 1. The van der Waals surface area contributed by atoms with Crippen LogP contribution in [0, 0.1) is 0 Å². The van der Waals surface area contributed by atoms with Crippen molar-refractivity contribution in [3.63, 3.8) is 0 Å². The number of carboxylic acids is 1. The second kappa shape index (κ2) is 8.64. The predicted octanol–water partition coefficient (Wildman–Crippen LogP) is 2.27. The van der Waals surface area contributed by atoms with Gasteiger partial charge >= 0.3 is 5.97 Å². The van der Waals surface area contributed by atoms with Crippen LogP contribution in [0.5, 0.6) is 5.75 Å². The van der Waals surface area contributed by atoms with Gasteiger partial charge in [-0.05, 0) is 43.3 Å². The Morgan fingerprint density at radius 1 is 1.07 bits per heavy atom. The van der Waals surface area contributed by atoms with Gasteiger partial charge in [-0.2, -0.15) is 0 Å².